The van der Waals surface area contributed by atoms with Crippen molar-refractivity contribution in [2.24, 2.45) is 0 Å². The maximum atomic E-state index is 12.7. The van der Waals surface area contributed by atoms with E-state index in [4.69, 9.17) is 0 Å². The summed E-state index contributed by atoms with van der Waals surface area (Å²) in [5.41, 5.74) is 4.68. The number of fused-ring (bicyclic) bond motifs is 3. The Morgan fingerprint density at radius 3 is 1.85 bits per heavy atom. The summed E-state index contributed by atoms with van der Waals surface area (Å²) in [6.07, 6.45) is 0.230. The van der Waals surface area contributed by atoms with Gasteiger partial charge in [0.05, 0.1) is 0 Å². The van der Waals surface area contributed by atoms with Crippen LogP contribution in [0.4, 0.5) is 0 Å². The third-order valence-electron chi connectivity index (χ3n) is 6.12. The van der Waals surface area contributed by atoms with Gasteiger partial charge in [-0.3, -0.25) is 4.79 Å². The maximum Gasteiger partial charge on any atom is 0.326 e. The van der Waals surface area contributed by atoms with Gasteiger partial charge >= 0.3 is 5.97 Å². The van der Waals surface area contributed by atoms with Gasteiger partial charge in [0.25, 0.3) is 5.91 Å². The minimum atomic E-state index is -1.06. The number of nitrogens with one attached hydrogen (secondary N) is 1. The van der Waals surface area contributed by atoms with Gasteiger partial charge in [-0.2, -0.15) is 0 Å². The summed E-state index contributed by atoms with van der Waals surface area (Å²) in [4.78, 5) is 24.4. The van der Waals surface area contributed by atoms with Crippen molar-refractivity contribution in [2.75, 3.05) is 0 Å². The summed E-state index contributed by atoms with van der Waals surface area (Å²) >= 11 is 0. The minimum Gasteiger partial charge on any atom is -0.480 e. The molecule has 1 aromatic heterocycles. The van der Waals surface area contributed by atoms with Crippen LogP contribution in [-0.2, 0) is 17.8 Å². The van der Waals surface area contributed by atoms with Gasteiger partial charge in [0.1, 0.15) is 6.04 Å². The van der Waals surface area contributed by atoms with E-state index in [1.54, 1.807) is 12.1 Å². The molecule has 1 amide bonds. The van der Waals surface area contributed by atoms with Crippen LogP contribution in [0.15, 0.2) is 103 Å². The van der Waals surface area contributed by atoms with E-state index in [9.17, 15) is 14.7 Å². The highest BCUT2D eigenvalue weighted by atomic mass is 16.4. The van der Waals surface area contributed by atoms with Crippen molar-refractivity contribution in [3.8, 4) is 0 Å². The van der Waals surface area contributed by atoms with Gasteiger partial charge in [-0.25, -0.2) is 4.79 Å². The Bertz CT molecular complexity index is 1420. The molecule has 0 unspecified atom stereocenters. The lowest BCUT2D eigenvalue weighted by Crippen LogP contribution is -2.42. The van der Waals surface area contributed by atoms with Crippen molar-refractivity contribution in [1.29, 1.82) is 0 Å². The Morgan fingerprint density at radius 2 is 1.26 bits per heavy atom. The number of carbonyl (C=O) groups is 2. The summed E-state index contributed by atoms with van der Waals surface area (Å²) in [6, 6.07) is 32.3. The van der Waals surface area contributed by atoms with Crippen LogP contribution < -0.4 is 5.32 Å². The number of benzene rings is 4. The fraction of sp³-hybridized carbons (Fsp3) is 0.103. The molecule has 5 aromatic rings. The van der Waals surface area contributed by atoms with Gasteiger partial charge in [-0.1, -0.05) is 78.9 Å². The third kappa shape index (κ3) is 4.28. The molecule has 0 bridgehead atoms. The minimum absolute atomic E-state index is 0.230. The average molecular weight is 449 g/mol. The first kappa shape index (κ1) is 21.5. The lowest BCUT2D eigenvalue weighted by Gasteiger charge is -2.15. The van der Waals surface area contributed by atoms with Crippen LogP contribution in [-0.4, -0.2) is 27.6 Å². The van der Waals surface area contributed by atoms with Crippen LogP contribution in [0.2, 0.25) is 0 Å². The molecule has 0 aliphatic rings. The van der Waals surface area contributed by atoms with Gasteiger partial charge in [0.15, 0.2) is 0 Å². The largest absolute Gasteiger partial charge is 0.480 e. The number of carbonyl (C=O) groups excluding carboxylic acids is 1. The number of rotatable bonds is 7. The molecule has 0 radical (unpaired) electrons. The molecule has 4 aromatic carbocycles. The Hall–Kier alpha value is -4.38. The molecular weight excluding hydrogens is 424 g/mol. The van der Waals surface area contributed by atoms with Crippen LogP contribution in [0.3, 0.4) is 0 Å². The zero-order valence-electron chi connectivity index (χ0n) is 18.5. The zero-order valence-corrected chi connectivity index (χ0v) is 18.5. The quantitative estimate of drug-likeness (QED) is 0.356. The molecule has 34 heavy (non-hydrogen) atoms. The number of para-hydroxylation sites is 2. The second kappa shape index (κ2) is 9.24. The summed E-state index contributed by atoms with van der Waals surface area (Å²) in [7, 11) is 0. The highest BCUT2D eigenvalue weighted by Gasteiger charge is 2.21. The van der Waals surface area contributed by atoms with E-state index in [1.807, 2.05) is 54.6 Å². The monoisotopic (exact) mass is 448 g/mol. The molecule has 0 fully saturated rings. The molecule has 5 heteroatoms. The van der Waals surface area contributed by atoms with Gasteiger partial charge in [-0.15, -0.1) is 0 Å². The highest BCUT2D eigenvalue weighted by molar-refractivity contribution is 6.08. The molecule has 0 spiro atoms. The van der Waals surface area contributed by atoms with Crippen LogP contribution >= 0.6 is 0 Å². The molecule has 0 aliphatic heterocycles. The van der Waals surface area contributed by atoms with Crippen molar-refractivity contribution in [3.63, 3.8) is 0 Å². The smallest absolute Gasteiger partial charge is 0.326 e. The fourth-order valence-electron chi connectivity index (χ4n) is 4.41. The number of nitrogens with zero attached hydrogens (tertiary/aromatic N) is 1. The van der Waals surface area contributed by atoms with E-state index in [0.29, 0.717) is 12.1 Å². The van der Waals surface area contributed by atoms with Crippen molar-refractivity contribution < 1.29 is 14.7 Å². The lowest BCUT2D eigenvalue weighted by atomic mass is 10.1. The van der Waals surface area contributed by atoms with Crippen molar-refractivity contribution in [3.05, 3.63) is 120 Å². The number of carboxylic acid groups (broad SMARTS) is 1. The highest BCUT2D eigenvalue weighted by Crippen LogP contribution is 2.29. The Balaban J connectivity index is 1.35. The van der Waals surface area contributed by atoms with Crippen LogP contribution in [0.1, 0.15) is 21.5 Å². The summed E-state index contributed by atoms with van der Waals surface area (Å²) in [5, 5.41) is 14.7. The fourth-order valence-corrected chi connectivity index (χ4v) is 4.41. The van der Waals surface area contributed by atoms with Gasteiger partial charge in [0, 0.05) is 40.3 Å². The third-order valence-corrected chi connectivity index (χ3v) is 6.12. The SMILES string of the molecule is O=C(N[C@@H](Cc1ccccc1)C(=O)O)c1ccc(Cn2c3ccccc3c3ccccc32)cc1. The Kier molecular flexibility index (Phi) is 5.83. The molecule has 0 saturated carbocycles. The van der Waals surface area contributed by atoms with Crippen molar-refractivity contribution in [2.45, 2.75) is 19.0 Å². The summed E-state index contributed by atoms with van der Waals surface area (Å²) in [5.74, 6) is -1.45. The molecule has 5 nitrogen and oxygen atoms in total. The Morgan fingerprint density at radius 1 is 0.706 bits per heavy atom. The van der Waals surface area contributed by atoms with E-state index < -0.39 is 17.9 Å². The molecule has 0 aliphatic carbocycles. The average Bonchev–Trinajstić information content (AvgIpc) is 3.18. The molecule has 5 rings (SSSR count). The Labute approximate surface area is 197 Å². The van der Waals surface area contributed by atoms with Crippen molar-refractivity contribution >= 4 is 33.7 Å². The predicted molar refractivity (Wildman–Crippen MR) is 134 cm³/mol. The van der Waals surface area contributed by atoms with E-state index in [1.165, 1.54) is 10.8 Å². The lowest BCUT2D eigenvalue weighted by molar-refractivity contribution is -0.139. The van der Waals surface area contributed by atoms with Crippen LogP contribution in [0.25, 0.3) is 21.8 Å². The second-order valence-corrected chi connectivity index (χ2v) is 8.37. The van der Waals surface area contributed by atoms with Gasteiger partial charge in [-0.05, 0) is 35.4 Å². The number of hydrogen-bond acceptors (Lipinski definition) is 2. The first-order valence-corrected chi connectivity index (χ1v) is 11.2. The maximum absolute atomic E-state index is 12.7. The topological polar surface area (TPSA) is 71.3 Å². The zero-order chi connectivity index (χ0) is 23.5. The van der Waals surface area contributed by atoms with E-state index in [2.05, 4.69) is 46.3 Å². The van der Waals surface area contributed by atoms with Crippen LogP contribution in [0.5, 0.6) is 0 Å². The van der Waals surface area contributed by atoms with E-state index in [0.717, 1.165) is 22.2 Å². The molecule has 0 saturated heterocycles. The normalized spacial score (nSPS) is 12.0. The number of aromatic nitrogens is 1. The molecule has 2 N–H and O–H groups in total. The first-order chi connectivity index (χ1) is 16.6. The number of carboxylic acids is 1. The standard InChI is InChI=1S/C29H24N2O3/c32-28(30-25(29(33)34)18-20-8-2-1-3-9-20)22-16-14-21(15-17-22)19-31-26-12-6-4-10-23(26)24-11-5-7-13-27(24)31/h1-17,25H,18-19H2,(H,30,32)(H,33,34)/t25-/m0/s1. The first-order valence-electron chi connectivity index (χ1n) is 11.2. The number of amides is 1. The van der Waals surface area contributed by atoms with Crippen molar-refractivity contribution in [1.82, 2.24) is 9.88 Å². The second-order valence-electron chi connectivity index (χ2n) is 8.37. The predicted octanol–water partition coefficient (Wildman–Crippen LogP) is 5.27. The summed E-state index contributed by atoms with van der Waals surface area (Å²) < 4.78 is 2.28. The number of hydrogen-bond donors (Lipinski definition) is 2. The molecule has 1 atom stereocenters. The summed E-state index contributed by atoms with van der Waals surface area (Å²) in [6.45, 7) is 0.668. The van der Waals surface area contributed by atoms with Gasteiger partial charge in [0.2, 0.25) is 0 Å². The van der Waals surface area contributed by atoms with E-state index in [-0.39, 0.29) is 6.42 Å². The van der Waals surface area contributed by atoms with Gasteiger partial charge < -0.3 is 15.0 Å². The molecular formula is C29H24N2O3. The molecule has 168 valence electrons. The number of aliphatic carboxylic acids is 1. The van der Waals surface area contributed by atoms with Crippen LogP contribution in [0, 0.1) is 0 Å². The van der Waals surface area contributed by atoms with E-state index >= 15 is 0 Å². The molecule has 1 heterocycles.